The van der Waals surface area contributed by atoms with Crippen LogP contribution in [0.2, 0.25) is 0 Å². The van der Waals surface area contributed by atoms with Crippen LogP contribution in [0.3, 0.4) is 0 Å². The molecular formula is C27H36O6. The summed E-state index contributed by atoms with van der Waals surface area (Å²) in [6.07, 6.45) is 4.90. The van der Waals surface area contributed by atoms with E-state index in [1.165, 1.54) is 0 Å². The van der Waals surface area contributed by atoms with E-state index in [2.05, 4.69) is 20.1 Å². The number of carbonyl (C=O) groups excluding carboxylic acids is 4. The summed E-state index contributed by atoms with van der Waals surface area (Å²) in [5.41, 5.74) is -1.26. The zero-order chi connectivity index (χ0) is 24.2. The molecule has 0 amide bonds. The second-order valence-corrected chi connectivity index (χ2v) is 10.9. The molecule has 180 valence electrons. The zero-order valence-electron chi connectivity index (χ0n) is 20.2. The van der Waals surface area contributed by atoms with Gasteiger partial charge in [0.05, 0.1) is 18.6 Å². The zero-order valence-corrected chi connectivity index (χ0v) is 20.2. The van der Waals surface area contributed by atoms with Gasteiger partial charge < -0.3 is 9.47 Å². The number of esters is 2. The van der Waals surface area contributed by atoms with Crippen LogP contribution in [0.25, 0.3) is 0 Å². The topological polar surface area (TPSA) is 86.7 Å². The van der Waals surface area contributed by atoms with Gasteiger partial charge in [-0.3, -0.25) is 19.2 Å². The first-order valence-electron chi connectivity index (χ1n) is 12.4. The van der Waals surface area contributed by atoms with Crippen LogP contribution in [0, 0.1) is 34.0 Å². The van der Waals surface area contributed by atoms with E-state index < -0.39 is 16.2 Å². The maximum absolute atomic E-state index is 14.0. The molecule has 5 saturated carbocycles. The number of ketones is 2. The highest BCUT2D eigenvalue weighted by atomic mass is 16.5. The fourth-order valence-electron chi connectivity index (χ4n) is 7.78. The smallest absolute Gasteiger partial charge is 0.305 e. The van der Waals surface area contributed by atoms with Crippen molar-refractivity contribution in [3.63, 3.8) is 0 Å². The SMILES string of the molecule is C=C1C(=O)C23CC[C@@H](CC2[C@]2(COC(=O)CC)CCC[C@@](C)(COC(=O)CC)C12)C(=C)C3=O. The van der Waals surface area contributed by atoms with Crippen LogP contribution in [-0.2, 0) is 28.7 Å². The van der Waals surface area contributed by atoms with E-state index >= 15 is 0 Å². The normalized spacial score (nSPS) is 39.7. The highest BCUT2D eigenvalue weighted by Gasteiger charge is 2.73. The number of ether oxygens (including phenoxy) is 2. The van der Waals surface area contributed by atoms with E-state index in [4.69, 9.17) is 9.47 Å². The van der Waals surface area contributed by atoms with Crippen LogP contribution in [0.4, 0.5) is 0 Å². The largest absolute Gasteiger partial charge is 0.465 e. The van der Waals surface area contributed by atoms with Crippen molar-refractivity contribution < 1.29 is 28.7 Å². The van der Waals surface area contributed by atoms with Gasteiger partial charge in [-0.15, -0.1) is 0 Å². The molecule has 5 rings (SSSR count). The number of carbonyl (C=O) groups is 4. The van der Waals surface area contributed by atoms with Gasteiger partial charge in [-0.25, -0.2) is 0 Å². The van der Waals surface area contributed by atoms with Crippen molar-refractivity contribution in [1.29, 1.82) is 0 Å². The Bertz CT molecular complexity index is 933. The van der Waals surface area contributed by atoms with Gasteiger partial charge in [0.25, 0.3) is 0 Å². The summed E-state index contributed by atoms with van der Waals surface area (Å²) in [7, 11) is 0. The summed E-state index contributed by atoms with van der Waals surface area (Å²) >= 11 is 0. The van der Waals surface area contributed by atoms with E-state index in [1.54, 1.807) is 13.8 Å². The first kappa shape index (κ1) is 23.9. The summed E-state index contributed by atoms with van der Waals surface area (Å²) < 4.78 is 11.4. The van der Waals surface area contributed by atoms with Crippen molar-refractivity contribution in [3.05, 3.63) is 24.3 Å². The molecule has 33 heavy (non-hydrogen) atoms. The molecular weight excluding hydrogens is 420 g/mol. The van der Waals surface area contributed by atoms with Crippen LogP contribution >= 0.6 is 0 Å². The number of hydrogen-bond acceptors (Lipinski definition) is 6. The van der Waals surface area contributed by atoms with E-state index in [0.29, 0.717) is 24.0 Å². The molecule has 0 radical (unpaired) electrons. The minimum atomic E-state index is -1.14. The molecule has 5 fully saturated rings. The predicted molar refractivity (Wildman–Crippen MR) is 122 cm³/mol. The fraction of sp³-hybridized carbons (Fsp3) is 0.704. The summed E-state index contributed by atoms with van der Waals surface area (Å²) in [6, 6.07) is 0. The predicted octanol–water partition coefficient (Wildman–Crippen LogP) is 4.37. The first-order chi connectivity index (χ1) is 15.6. The Morgan fingerprint density at radius 2 is 1.55 bits per heavy atom. The molecule has 0 aromatic heterocycles. The Kier molecular flexibility index (Phi) is 5.95. The van der Waals surface area contributed by atoms with Crippen molar-refractivity contribution in [2.24, 2.45) is 34.0 Å². The van der Waals surface area contributed by atoms with Crippen LogP contribution in [0.15, 0.2) is 24.3 Å². The molecule has 3 unspecified atom stereocenters. The van der Waals surface area contributed by atoms with Gasteiger partial charge in [-0.05, 0) is 55.1 Å². The average molecular weight is 457 g/mol. The van der Waals surface area contributed by atoms with Crippen LogP contribution < -0.4 is 0 Å². The number of rotatable bonds is 6. The van der Waals surface area contributed by atoms with Crippen molar-refractivity contribution in [3.8, 4) is 0 Å². The van der Waals surface area contributed by atoms with Gasteiger partial charge in [0.2, 0.25) is 0 Å². The highest BCUT2D eigenvalue weighted by Crippen LogP contribution is 2.71. The van der Waals surface area contributed by atoms with Gasteiger partial charge >= 0.3 is 11.9 Å². The minimum Gasteiger partial charge on any atom is -0.465 e. The second kappa shape index (κ2) is 8.21. The number of Topliss-reactive ketones (excluding diaryl/α,β-unsaturated/α-hetero) is 2. The minimum absolute atomic E-state index is 0.0639. The molecule has 6 heteroatoms. The van der Waals surface area contributed by atoms with Crippen LogP contribution in [0.1, 0.15) is 72.1 Å². The van der Waals surface area contributed by atoms with Gasteiger partial charge in [0.1, 0.15) is 0 Å². The quantitative estimate of drug-likeness (QED) is 0.335. The highest BCUT2D eigenvalue weighted by molar-refractivity contribution is 6.21. The molecule has 2 bridgehead atoms. The third-order valence-electron chi connectivity index (χ3n) is 9.24. The number of hydrogen-bond donors (Lipinski definition) is 0. The second-order valence-electron chi connectivity index (χ2n) is 10.9. The monoisotopic (exact) mass is 456 g/mol. The summed E-state index contributed by atoms with van der Waals surface area (Å²) in [4.78, 5) is 51.8. The molecule has 0 aromatic carbocycles. The van der Waals surface area contributed by atoms with Gasteiger partial charge in [-0.1, -0.05) is 40.3 Å². The van der Waals surface area contributed by atoms with Crippen molar-refractivity contribution in [1.82, 2.24) is 0 Å². The Morgan fingerprint density at radius 3 is 2.18 bits per heavy atom. The van der Waals surface area contributed by atoms with E-state index in [0.717, 1.165) is 25.7 Å². The molecule has 5 aliphatic rings. The number of allylic oxidation sites excluding steroid dienone is 2. The van der Waals surface area contributed by atoms with E-state index in [-0.39, 0.29) is 67.3 Å². The average Bonchev–Trinajstić information content (AvgIpc) is 2.82. The van der Waals surface area contributed by atoms with Gasteiger partial charge in [0, 0.05) is 29.6 Å². The van der Waals surface area contributed by atoms with Crippen molar-refractivity contribution in [2.75, 3.05) is 13.2 Å². The lowest BCUT2D eigenvalue weighted by molar-refractivity contribution is -0.195. The molecule has 6 atom stereocenters. The molecule has 0 aliphatic heterocycles. The summed E-state index contributed by atoms with van der Waals surface area (Å²) in [6.45, 7) is 14.2. The third kappa shape index (κ3) is 3.27. The Morgan fingerprint density at radius 1 is 0.939 bits per heavy atom. The fourth-order valence-corrected chi connectivity index (χ4v) is 7.78. The maximum atomic E-state index is 14.0. The number of fused-ring (bicyclic) bond motifs is 3. The van der Waals surface area contributed by atoms with Gasteiger partial charge in [0.15, 0.2) is 11.6 Å². The maximum Gasteiger partial charge on any atom is 0.305 e. The van der Waals surface area contributed by atoms with Crippen LogP contribution in [-0.4, -0.2) is 36.7 Å². The lowest BCUT2D eigenvalue weighted by Crippen LogP contribution is -2.69. The Hall–Kier alpha value is -2.24. The Balaban J connectivity index is 1.84. The van der Waals surface area contributed by atoms with Crippen molar-refractivity contribution >= 4 is 23.5 Å². The molecule has 0 aromatic rings. The lowest BCUT2D eigenvalue weighted by atomic mass is 9.35. The lowest BCUT2D eigenvalue weighted by Gasteiger charge is -2.67. The standard InChI is InChI=1S/C27H36O6/c1-6-20(28)32-14-25(5)10-8-11-26(15-33-21(29)7-2)19-13-18-9-12-27(19,23(30)16(18)3)24(31)17(4)22(25)26/h18-19,22H,3-4,6-15H2,1-2,5H3/t18-,19?,22?,25-,26+,27?/m0/s1. The molecule has 0 saturated heterocycles. The molecule has 6 nitrogen and oxygen atoms in total. The first-order valence-corrected chi connectivity index (χ1v) is 12.4. The Labute approximate surface area is 196 Å². The summed E-state index contributed by atoms with van der Waals surface area (Å²) in [5.74, 6) is -1.36. The van der Waals surface area contributed by atoms with Crippen molar-refractivity contribution in [2.45, 2.75) is 72.1 Å². The summed E-state index contributed by atoms with van der Waals surface area (Å²) in [5, 5.41) is 0. The van der Waals surface area contributed by atoms with Gasteiger partial charge in [-0.2, -0.15) is 0 Å². The van der Waals surface area contributed by atoms with Crippen LogP contribution in [0.5, 0.6) is 0 Å². The van der Waals surface area contributed by atoms with E-state index in [9.17, 15) is 19.2 Å². The van der Waals surface area contributed by atoms with E-state index in [1.807, 2.05) is 0 Å². The third-order valence-corrected chi connectivity index (χ3v) is 9.24. The molecule has 0 heterocycles. The molecule has 1 spiro atoms. The molecule has 5 aliphatic carbocycles. The molecule has 0 N–H and O–H groups in total.